The number of aromatic nitrogens is 1. The van der Waals surface area contributed by atoms with E-state index in [9.17, 15) is 4.79 Å². The van der Waals surface area contributed by atoms with Crippen LogP contribution in [0.15, 0.2) is 36.5 Å². The normalized spacial score (nSPS) is 11.0. The Bertz CT molecular complexity index is 646. The van der Waals surface area contributed by atoms with E-state index in [-0.39, 0.29) is 0 Å². The van der Waals surface area contributed by atoms with Crippen LogP contribution in [0, 0.1) is 0 Å². The number of hydrogen-bond acceptors (Lipinski definition) is 4. The van der Waals surface area contributed by atoms with Crippen molar-refractivity contribution < 1.29 is 14.3 Å². The molecule has 124 valence electrons. The highest BCUT2D eigenvalue weighted by molar-refractivity contribution is 5.87. The highest BCUT2D eigenvalue weighted by atomic mass is 16.6. The summed E-state index contributed by atoms with van der Waals surface area (Å²) < 4.78 is 10.6. The van der Waals surface area contributed by atoms with E-state index in [2.05, 4.69) is 15.6 Å². The molecular weight excluding hydrogens is 294 g/mol. The predicted octanol–water partition coefficient (Wildman–Crippen LogP) is 3.98. The summed E-state index contributed by atoms with van der Waals surface area (Å²) in [4.78, 5) is 15.0. The molecule has 0 fully saturated rings. The zero-order valence-corrected chi connectivity index (χ0v) is 13.9. The Kier molecular flexibility index (Phi) is 5.16. The van der Waals surface area contributed by atoms with Gasteiger partial charge in [-0.05, 0) is 45.0 Å². The van der Waals surface area contributed by atoms with Crippen LogP contribution >= 0.6 is 0 Å². The minimum atomic E-state index is -0.547. The zero-order valence-electron chi connectivity index (χ0n) is 13.9. The van der Waals surface area contributed by atoms with E-state index in [4.69, 9.17) is 9.47 Å². The lowest BCUT2D eigenvalue weighted by atomic mass is 10.2. The third kappa shape index (κ3) is 5.25. The summed E-state index contributed by atoms with van der Waals surface area (Å²) in [5.41, 5.74) is 1.99. The van der Waals surface area contributed by atoms with E-state index in [1.165, 1.54) is 0 Å². The summed E-state index contributed by atoms with van der Waals surface area (Å²) in [6, 6.07) is 9.43. The van der Waals surface area contributed by atoms with Gasteiger partial charge in [-0.15, -0.1) is 0 Å². The summed E-state index contributed by atoms with van der Waals surface area (Å²) in [6.45, 7) is 6.13. The summed E-state index contributed by atoms with van der Waals surface area (Å²) in [5.74, 6) is 0.562. The Morgan fingerprint density at radius 2 is 2.04 bits per heavy atom. The molecule has 0 aliphatic rings. The molecular formula is C17H23N3O3. The number of hydrogen-bond donors (Lipinski definition) is 3. The first-order valence-electron chi connectivity index (χ1n) is 7.41. The predicted molar refractivity (Wildman–Crippen MR) is 91.0 cm³/mol. The second-order valence-corrected chi connectivity index (χ2v) is 6.09. The number of methoxy groups -OCH3 is 1. The number of aromatic amines is 1. The topological polar surface area (TPSA) is 75.4 Å². The number of amides is 1. The first-order valence-corrected chi connectivity index (χ1v) is 7.41. The van der Waals surface area contributed by atoms with E-state index in [0.29, 0.717) is 18.0 Å². The fourth-order valence-corrected chi connectivity index (χ4v) is 1.99. The minimum absolute atomic E-state index is 0.511. The van der Waals surface area contributed by atoms with Gasteiger partial charge in [-0.1, -0.05) is 0 Å². The van der Waals surface area contributed by atoms with Crippen molar-refractivity contribution in [3.8, 4) is 5.75 Å². The summed E-state index contributed by atoms with van der Waals surface area (Å²) in [5, 5.41) is 5.98. The van der Waals surface area contributed by atoms with E-state index < -0.39 is 11.7 Å². The third-order valence-corrected chi connectivity index (χ3v) is 2.98. The largest absolute Gasteiger partial charge is 0.494 e. The van der Waals surface area contributed by atoms with Crippen molar-refractivity contribution in [2.75, 3.05) is 17.7 Å². The minimum Gasteiger partial charge on any atom is -0.494 e. The highest BCUT2D eigenvalue weighted by Crippen LogP contribution is 2.28. The molecule has 2 aromatic rings. The molecule has 0 saturated heterocycles. The van der Waals surface area contributed by atoms with Gasteiger partial charge in [0.2, 0.25) is 0 Å². The van der Waals surface area contributed by atoms with Crippen molar-refractivity contribution in [3.63, 3.8) is 0 Å². The number of anilines is 2. The number of carbonyl (C=O) groups is 1. The van der Waals surface area contributed by atoms with Crippen LogP contribution in [-0.4, -0.2) is 23.8 Å². The number of ether oxygens (including phenoxy) is 2. The fraction of sp³-hybridized carbons (Fsp3) is 0.353. The summed E-state index contributed by atoms with van der Waals surface area (Å²) in [7, 11) is 1.56. The smallest absolute Gasteiger partial charge is 0.412 e. The molecule has 0 aliphatic heterocycles. The van der Waals surface area contributed by atoms with Gasteiger partial charge in [0.15, 0.2) is 0 Å². The molecule has 0 unspecified atom stereocenters. The van der Waals surface area contributed by atoms with Crippen LogP contribution in [-0.2, 0) is 11.3 Å². The van der Waals surface area contributed by atoms with Crippen molar-refractivity contribution >= 4 is 17.5 Å². The van der Waals surface area contributed by atoms with Crippen molar-refractivity contribution in [2.24, 2.45) is 0 Å². The molecule has 0 spiro atoms. The maximum atomic E-state index is 11.9. The second kappa shape index (κ2) is 7.09. The summed E-state index contributed by atoms with van der Waals surface area (Å²) in [6.07, 6.45) is 1.37. The quantitative estimate of drug-likeness (QED) is 0.779. The van der Waals surface area contributed by atoms with Gasteiger partial charge in [-0.25, -0.2) is 4.79 Å². The lowest BCUT2D eigenvalue weighted by molar-refractivity contribution is 0.0635. The van der Waals surface area contributed by atoms with Crippen LogP contribution in [0.3, 0.4) is 0 Å². The monoisotopic (exact) mass is 317 g/mol. The Morgan fingerprint density at radius 1 is 1.26 bits per heavy atom. The number of nitrogens with one attached hydrogen (secondary N) is 3. The van der Waals surface area contributed by atoms with Gasteiger partial charge < -0.3 is 19.8 Å². The molecule has 23 heavy (non-hydrogen) atoms. The van der Waals surface area contributed by atoms with Crippen LogP contribution in [0.2, 0.25) is 0 Å². The number of carbonyl (C=O) groups excluding carboxylic acids is 1. The maximum absolute atomic E-state index is 11.9. The Morgan fingerprint density at radius 3 is 2.65 bits per heavy atom. The van der Waals surface area contributed by atoms with Gasteiger partial charge in [-0.3, -0.25) is 5.32 Å². The lowest BCUT2D eigenvalue weighted by Gasteiger charge is -2.20. The number of H-pyrrole nitrogens is 1. The average molecular weight is 317 g/mol. The molecule has 0 saturated carbocycles. The SMILES string of the molecule is COc1cc(NCc2ccc[nH]2)ccc1NC(=O)OC(C)(C)C. The van der Waals surface area contributed by atoms with Crippen molar-refractivity contribution in [3.05, 3.63) is 42.2 Å². The van der Waals surface area contributed by atoms with Crippen molar-refractivity contribution in [1.82, 2.24) is 4.98 Å². The first-order chi connectivity index (χ1) is 10.9. The molecule has 1 heterocycles. The molecule has 0 atom stereocenters. The zero-order chi connectivity index (χ0) is 16.9. The van der Waals surface area contributed by atoms with E-state index in [0.717, 1.165) is 11.4 Å². The van der Waals surface area contributed by atoms with Gasteiger partial charge in [0.25, 0.3) is 0 Å². The van der Waals surface area contributed by atoms with Gasteiger partial charge in [0.05, 0.1) is 19.3 Å². The molecule has 6 heteroatoms. The van der Waals surface area contributed by atoms with E-state index in [1.807, 2.05) is 51.2 Å². The van der Waals surface area contributed by atoms with Crippen LogP contribution in [0.5, 0.6) is 5.75 Å². The molecule has 3 N–H and O–H groups in total. The van der Waals surface area contributed by atoms with Crippen LogP contribution in [0.25, 0.3) is 0 Å². The molecule has 0 bridgehead atoms. The molecule has 1 aromatic heterocycles. The van der Waals surface area contributed by atoms with Crippen LogP contribution in [0.4, 0.5) is 16.2 Å². The highest BCUT2D eigenvalue weighted by Gasteiger charge is 2.17. The van der Waals surface area contributed by atoms with Gasteiger partial charge in [-0.2, -0.15) is 0 Å². The fourth-order valence-electron chi connectivity index (χ4n) is 1.99. The number of benzene rings is 1. The third-order valence-electron chi connectivity index (χ3n) is 2.98. The van der Waals surface area contributed by atoms with Gasteiger partial charge in [0, 0.05) is 23.6 Å². The van der Waals surface area contributed by atoms with Crippen LogP contribution < -0.4 is 15.4 Å². The first kappa shape index (κ1) is 16.7. The molecule has 0 aliphatic carbocycles. The maximum Gasteiger partial charge on any atom is 0.412 e. The summed E-state index contributed by atoms with van der Waals surface area (Å²) >= 11 is 0. The Hall–Kier alpha value is -2.63. The van der Waals surface area contributed by atoms with E-state index >= 15 is 0 Å². The van der Waals surface area contributed by atoms with Crippen LogP contribution in [0.1, 0.15) is 26.5 Å². The molecule has 1 aromatic carbocycles. The standard InChI is InChI=1S/C17H23N3O3/c1-17(2,3)23-16(21)20-14-8-7-12(10-15(14)22-4)19-11-13-6-5-9-18-13/h5-10,18-19H,11H2,1-4H3,(H,20,21). The average Bonchev–Trinajstić information content (AvgIpc) is 2.97. The molecule has 0 radical (unpaired) electrons. The van der Waals surface area contributed by atoms with Gasteiger partial charge in [0.1, 0.15) is 11.4 Å². The molecule has 1 amide bonds. The Labute approximate surface area is 136 Å². The van der Waals surface area contributed by atoms with E-state index in [1.54, 1.807) is 13.2 Å². The number of rotatable bonds is 5. The van der Waals surface area contributed by atoms with Gasteiger partial charge >= 0.3 is 6.09 Å². The molecule has 6 nitrogen and oxygen atoms in total. The second-order valence-electron chi connectivity index (χ2n) is 6.09. The Balaban J connectivity index is 2.02. The van der Waals surface area contributed by atoms with Crippen molar-refractivity contribution in [1.29, 1.82) is 0 Å². The van der Waals surface area contributed by atoms with Crippen molar-refractivity contribution in [2.45, 2.75) is 32.9 Å². The lowest BCUT2D eigenvalue weighted by Crippen LogP contribution is -2.27. The molecule has 2 rings (SSSR count).